The summed E-state index contributed by atoms with van der Waals surface area (Å²) in [5, 5.41) is 2.43. The van der Waals surface area contributed by atoms with Gasteiger partial charge in [0.2, 0.25) is 0 Å². The maximum absolute atomic E-state index is 4.72. The number of fused-ring (bicyclic) bond motifs is 4. The molecular formula is C29H21BrN2. The molecule has 0 amide bonds. The van der Waals surface area contributed by atoms with Gasteiger partial charge >= 0.3 is 0 Å². The van der Waals surface area contributed by atoms with Gasteiger partial charge in [0.05, 0.1) is 11.4 Å². The minimum Gasteiger partial charge on any atom is -0.222 e. The van der Waals surface area contributed by atoms with E-state index in [0.717, 1.165) is 22.5 Å². The molecule has 1 aromatic heterocycles. The molecule has 1 aliphatic carbocycles. The van der Waals surface area contributed by atoms with Crippen molar-refractivity contribution in [2.75, 3.05) is 0 Å². The van der Waals surface area contributed by atoms with Crippen molar-refractivity contribution in [1.82, 2.24) is 9.97 Å². The Bertz CT molecular complexity index is 1520. The largest absolute Gasteiger partial charge is 0.222 e. The summed E-state index contributed by atoms with van der Waals surface area (Å²) in [5.41, 5.74) is 9.37. The molecule has 0 atom stereocenters. The van der Waals surface area contributed by atoms with Gasteiger partial charge in [0, 0.05) is 16.5 Å². The first-order chi connectivity index (χ1) is 15.5. The van der Waals surface area contributed by atoms with Crippen LogP contribution in [0, 0.1) is 0 Å². The molecule has 32 heavy (non-hydrogen) atoms. The standard InChI is InChI=1S/C29H21BrN2/c1-29(2)24-10-6-5-9-22(24)23-14-13-21(16-25(23)29)27-17-26(31-28(30)32-27)20-12-11-18-7-3-4-8-19(18)15-20/h3-17H,1-2H3. The third-order valence-corrected chi connectivity index (χ3v) is 6.98. The molecule has 0 unspecified atom stereocenters. The smallest absolute Gasteiger partial charge is 0.197 e. The molecule has 6 rings (SSSR count). The van der Waals surface area contributed by atoms with Crippen LogP contribution in [-0.2, 0) is 5.41 Å². The highest BCUT2D eigenvalue weighted by Gasteiger charge is 2.35. The molecule has 0 spiro atoms. The van der Waals surface area contributed by atoms with Crippen molar-refractivity contribution < 1.29 is 0 Å². The Morgan fingerprint density at radius 3 is 2.03 bits per heavy atom. The van der Waals surface area contributed by atoms with Crippen molar-refractivity contribution >= 4 is 26.7 Å². The lowest BCUT2D eigenvalue weighted by molar-refractivity contribution is 0.660. The monoisotopic (exact) mass is 476 g/mol. The summed E-state index contributed by atoms with van der Waals surface area (Å²) >= 11 is 3.54. The van der Waals surface area contributed by atoms with Crippen molar-refractivity contribution in [3.05, 3.63) is 107 Å². The van der Waals surface area contributed by atoms with E-state index in [4.69, 9.17) is 4.98 Å². The molecule has 0 fully saturated rings. The summed E-state index contributed by atoms with van der Waals surface area (Å²) < 4.78 is 0.598. The molecular weight excluding hydrogens is 456 g/mol. The Labute approximate surface area is 196 Å². The molecule has 154 valence electrons. The van der Waals surface area contributed by atoms with E-state index in [1.807, 2.05) is 0 Å². The van der Waals surface area contributed by atoms with Gasteiger partial charge in [-0.15, -0.1) is 0 Å². The molecule has 5 aromatic rings. The first-order valence-corrected chi connectivity index (χ1v) is 11.6. The van der Waals surface area contributed by atoms with Crippen molar-refractivity contribution in [3.8, 4) is 33.6 Å². The van der Waals surface area contributed by atoms with Crippen molar-refractivity contribution in [1.29, 1.82) is 0 Å². The van der Waals surface area contributed by atoms with Gasteiger partial charge in [0.15, 0.2) is 4.73 Å². The van der Waals surface area contributed by atoms with Crippen LogP contribution >= 0.6 is 15.9 Å². The molecule has 0 saturated heterocycles. The fraction of sp³-hybridized carbons (Fsp3) is 0.103. The lowest BCUT2D eigenvalue weighted by Gasteiger charge is -2.21. The van der Waals surface area contributed by atoms with Crippen LogP contribution < -0.4 is 0 Å². The van der Waals surface area contributed by atoms with E-state index < -0.39 is 0 Å². The summed E-state index contributed by atoms with van der Waals surface area (Å²) in [6.07, 6.45) is 0. The van der Waals surface area contributed by atoms with Gasteiger partial charge in [-0.1, -0.05) is 86.6 Å². The van der Waals surface area contributed by atoms with E-state index in [2.05, 4.69) is 126 Å². The van der Waals surface area contributed by atoms with Gasteiger partial charge in [0.1, 0.15) is 0 Å². The number of halogens is 1. The van der Waals surface area contributed by atoms with Crippen LogP contribution in [0.1, 0.15) is 25.0 Å². The summed E-state index contributed by atoms with van der Waals surface area (Å²) in [5.74, 6) is 0. The highest BCUT2D eigenvalue weighted by Crippen LogP contribution is 2.49. The van der Waals surface area contributed by atoms with Crippen LogP contribution in [0.25, 0.3) is 44.4 Å². The Hall–Kier alpha value is -3.30. The van der Waals surface area contributed by atoms with Gasteiger partial charge in [-0.05, 0) is 67.2 Å². The van der Waals surface area contributed by atoms with Crippen molar-refractivity contribution in [2.45, 2.75) is 19.3 Å². The Morgan fingerprint density at radius 1 is 0.594 bits per heavy atom. The van der Waals surface area contributed by atoms with Gasteiger partial charge in [-0.3, -0.25) is 0 Å². The van der Waals surface area contributed by atoms with Crippen molar-refractivity contribution in [3.63, 3.8) is 0 Å². The second-order valence-electron chi connectivity index (χ2n) is 8.90. The van der Waals surface area contributed by atoms with Gasteiger partial charge in [0.25, 0.3) is 0 Å². The predicted octanol–water partition coefficient (Wildman–Crippen LogP) is 8.03. The molecule has 0 N–H and O–H groups in total. The van der Waals surface area contributed by atoms with Crippen molar-refractivity contribution in [2.24, 2.45) is 0 Å². The van der Waals surface area contributed by atoms with Crippen LogP contribution in [-0.4, -0.2) is 9.97 Å². The van der Waals surface area contributed by atoms with Crippen LogP contribution in [0.4, 0.5) is 0 Å². The summed E-state index contributed by atoms with van der Waals surface area (Å²) in [6, 6.07) is 32.4. The molecule has 0 bridgehead atoms. The number of nitrogens with zero attached hydrogens (tertiary/aromatic N) is 2. The van der Waals surface area contributed by atoms with E-state index in [1.165, 1.54) is 33.0 Å². The summed E-state index contributed by atoms with van der Waals surface area (Å²) in [7, 11) is 0. The SMILES string of the molecule is CC1(C)c2ccccc2-c2ccc(-c3cc(-c4ccc5ccccc5c4)nc(Br)n3)cc21. The van der Waals surface area contributed by atoms with E-state index in [1.54, 1.807) is 0 Å². The Kier molecular flexibility index (Phi) is 4.31. The fourth-order valence-electron chi connectivity index (χ4n) is 4.93. The van der Waals surface area contributed by atoms with Gasteiger partial charge in [-0.25, -0.2) is 9.97 Å². The van der Waals surface area contributed by atoms with E-state index >= 15 is 0 Å². The zero-order chi connectivity index (χ0) is 21.9. The first kappa shape index (κ1) is 19.4. The number of rotatable bonds is 2. The van der Waals surface area contributed by atoms with E-state index in [-0.39, 0.29) is 5.41 Å². The Morgan fingerprint density at radius 2 is 1.22 bits per heavy atom. The normalized spacial score (nSPS) is 13.7. The quantitative estimate of drug-likeness (QED) is 0.241. The zero-order valence-corrected chi connectivity index (χ0v) is 19.5. The molecule has 3 heteroatoms. The number of hydrogen-bond donors (Lipinski definition) is 0. The molecule has 1 heterocycles. The van der Waals surface area contributed by atoms with E-state index in [9.17, 15) is 0 Å². The average molecular weight is 477 g/mol. The maximum Gasteiger partial charge on any atom is 0.197 e. The topological polar surface area (TPSA) is 25.8 Å². The average Bonchev–Trinajstić information content (AvgIpc) is 3.05. The van der Waals surface area contributed by atoms with Gasteiger partial charge in [-0.2, -0.15) is 0 Å². The molecule has 1 aliphatic rings. The van der Waals surface area contributed by atoms with Crippen LogP contribution in [0.5, 0.6) is 0 Å². The van der Waals surface area contributed by atoms with Crippen LogP contribution in [0.15, 0.2) is 95.7 Å². The molecule has 0 saturated carbocycles. The molecule has 0 radical (unpaired) electrons. The number of aromatic nitrogens is 2. The fourth-order valence-corrected chi connectivity index (χ4v) is 5.31. The third kappa shape index (κ3) is 3.00. The summed E-state index contributed by atoms with van der Waals surface area (Å²) in [4.78, 5) is 9.40. The lowest BCUT2D eigenvalue weighted by atomic mass is 9.82. The Balaban J connectivity index is 1.47. The number of benzene rings is 4. The zero-order valence-electron chi connectivity index (χ0n) is 17.9. The highest BCUT2D eigenvalue weighted by atomic mass is 79.9. The first-order valence-electron chi connectivity index (χ1n) is 10.8. The minimum atomic E-state index is -0.0344. The van der Waals surface area contributed by atoms with Crippen LogP contribution in [0.2, 0.25) is 0 Å². The van der Waals surface area contributed by atoms with Gasteiger partial charge < -0.3 is 0 Å². The minimum absolute atomic E-state index is 0.0344. The lowest BCUT2D eigenvalue weighted by Crippen LogP contribution is -2.14. The highest BCUT2D eigenvalue weighted by molar-refractivity contribution is 9.10. The molecule has 0 aliphatic heterocycles. The number of hydrogen-bond acceptors (Lipinski definition) is 2. The second-order valence-corrected chi connectivity index (χ2v) is 9.61. The molecule has 4 aromatic carbocycles. The van der Waals surface area contributed by atoms with E-state index in [0.29, 0.717) is 4.73 Å². The predicted molar refractivity (Wildman–Crippen MR) is 136 cm³/mol. The third-order valence-electron chi connectivity index (χ3n) is 6.62. The molecule has 2 nitrogen and oxygen atoms in total. The second kappa shape index (κ2) is 7.11. The van der Waals surface area contributed by atoms with Crippen LogP contribution in [0.3, 0.4) is 0 Å². The maximum atomic E-state index is 4.72. The summed E-state index contributed by atoms with van der Waals surface area (Å²) in [6.45, 7) is 4.61.